The lowest BCUT2D eigenvalue weighted by Gasteiger charge is -2.34. The van der Waals surface area contributed by atoms with Gasteiger partial charge in [0.15, 0.2) is 0 Å². The van der Waals surface area contributed by atoms with Crippen LogP contribution in [0, 0.1) is 0 Å². The summed E-state index contributed by atoms with van der Waals surface area (Å²) < 4.78 is 1.84. The molecule has 1 saturated carbocycles. The number of nitrogens with zero attached hydrogens (tertiary/aromatic N) is 3. The van der Waals surface area contributed by atoms with E-state index in [1.54, 1.807) is 0 Å². The fourth-order valence-electron chi connectivity index (χ4n) is 3.96. The van der Waals surface area contributed by atoms with Gasteiger partial charge < -0.3 is 4.98 Å². The van der Waals surface area contributed by atoms with Crippen molar-refractivity contribution in [2.75, 3.05) is 7.05 Å². The van der Waals surface area contributed by atoms with E-state index in [-0.39, 0.29) is 5.56 Å². The third-order valence-electron chi connectivity index (χ3n) is 5.49. The molecule has 1 N–H and O–H groups in total. The predicted molar refractivity (Wildman–Crippen MR) is 87.1 cm³/mol. The van der Waals surface area contributed by atoms with E-state index in [4.69, 9.17) is 5.10 Å². The number of nitrogens with one attached hydrogen (secondary N) is 1. The Balaban J connectivity index is 1.82. The van der Waals surface area contributed by atoms with Crippen LogP contribution in [0.5, 0.6) is 0 Å². The lowest BCUT2D eigenvalue weighted by molar-refractivity contribution is 0.151. The maximum absolute atomic E-state index is 12.3. The van der Waals surface area contributed by atoms with Crippen molar-refractivity contribution in [3.8, 4) is 0 Å². The Bertz CT molecular complexity index is 769. The molecule has 1 fully saturated rings. The van der Waals surface area contributed by atoms with E-state index in [1.807, 2.05) is 11.7 Å². The van der Waals surface area contributed by atoms with Crippen molar-refractivity contribution in [3.05, 3.63) is 27.2 Å². The van der Waals surface area contributed by atoms with Gasteiger partial charge in [0.25, 0.3) is 5.56 Å². The number of hydrogen-bond donors (Lipinski definition) is 1. The number of rotatable bonds is 3. The highest BCUT2D eigenvalue weighted by atomic mass is 16.1. The molecule has 0 unspecified atom stereocenters. The van der Waals surface area contributed by atoms with Crippen LogP contribution in [0.25, 0.3) is 11.0 Å². The molecule has 2 aromatic rings. The molecular weight excluding hydrogens is 276 g/mol. The predicted octanol–water partition coefficient (Wildman–Crippen LogP) is 2.12. The van der Waals surface area contributed by atoms with Crippen molar-refractivity contribution in [2.24, 2.45) is 7.05 Å². The Kier molecular flexibility index (Phi) is 3.33. The molecule has 2 aliphatic rings. The maximum Gasteiger partial charge on any atom is 0.253 e. The van der Waals surface area contributed by atoms with Gasteiger partial charge in [0.2, 0.25) is 0 Å². The summed E-state index contributed by atoms with van der Waals surface area (Å²) in [5, 5.41) is 5.94. The zero-order chi connectivity index (χ0) is 15.3. The highest BCUT2D eigenvalue weighted by Gasteiger charge is 2.26. The quantitative estimate of drug-likeness (QED) is 0.944. The average molecular weight is 300 g/mol. The topological polar surface area (TPSA) is 53.9 Å². The Morgan fingerprint density at radius 3 is 2.64 bits per heavy atom. The molecule has 118 valence electrons. The molecule has 0 bridgehead atoms. The molecule has 0 saturated heterocycles. The number of fused-ring (bicyclic) bond motifs is 3. The largest absolute Gasteiger partial charge is 0.307 e. The zero-order valence-corrected chi connectivity index (χ0v) is 13.5. The Morgan fingerprint density at radius 2 is 1.95 bits per heavy atom. The molecule has 2 aliphatic carbocycles. The second-order valence-corrected chi connectivity index (χ2v) is 6.91. The van der Waals surface area contributed by atoms with Gasteiger partial charge in [-0.1, -0.05) is 6.42 Å². The normalized spacial score (nSPS) is 18.7. The van der Waals surface area contributed by atoms with E-state index in [0.717, 1.165) is 42.7 Å². The van der Waals surface area contributed by atoms with Gasteiger partial charge in [0.05, 0.1) is 5.69 Å². The standard InChI is InChI=1S/C17H24N4O/c1-20(11-6-5-7-11)10-14-15-12-8-3-4-9-13(12)17(22)18-16(15)21(2)19-14/h11H,3-10H2,1-2H3,(H,18,22). The maximum atomic E-state index is 12.3. The molecule has 0 radical (unpaired) electrons. The van der Waals surface area contributed by atoms with E-state index in [0.29, 0.717) is 6.04 Å². The summed E-state index contributed by atoms with van der Waals surface area (Å²) in [6, 6.07) is 0.704. The van der Waals surface area contributed by atoms with Crippen molar-refractivity contribution in [3.63, 3.8) is 0 Å². The number of hydrogen-bond acceptors (Lipinski definition) is 3. The lowest BCUT2D eigenvalue weighted by atomic mass is 9.89. The molecule has 0 amide bonds. The summed E-state index contributed by atoms with van der Waals surface area (Å²) in [4.78, 5) is 17.8. The van der Waals surface area contributed by atoms with E-state index in [9.17, 15) is 4.79 Å². The molecule has 0 aromatic carbocycles. The van der Waals surface area contributed by atoms with Gasteiger partial charge >= 0.3 is 0 Å². The van der Waals surface area contributed by atoms with E-state index >= 15 is 0 Å². The van der Waals surface area contributed by atoms with Crippen LogP contribution in [-0.2, 0) is 26.4 Å². The van der Waals surface area contributed by atoms with Gasteiger partial charge in [-0.25, -0.2) is 0 Å². The third kappa shape index (κ3) is 2.10. The SMILES string of the molecule is CN(Cc1nn(C)c2[nH]c(=O)c3c(c12)CCCC3)C1CCC1. The number of H-pyrrole nitrogens is 1. The summed E-state index contributed by atoms with van der Waals surface area (Å²) in [6.07, 6.45) is 8.18. The van der Waals surface area contributed by atoms with Crippen LogP contribution in [0.4, 0.5) is 0 Å². The first-order valence-corrected chi connectivity index (χ1v) is 8.45. The van der Waals surface area contributed by atoms with E-state index in [2.05, 4.69) is 16.9 Å². The summed E-state index contributed by atoms with van der Waals surface area (Å²) in [6.45, 7) is 0.875. The van der Waals surface area contributed by atoms with Crippen LogP contribution in [0.15, 0.2) is 4.79 Å². The van der Waals surface area contributed by atoms with E-state index < -0.39 is 0 Å². The second kappa shape index (κ2) is 5.23. The Morgan fingerprint density at radius 1 is 1.23 bits per heavy atom. The smallest absolute Gasteiger partial charge is 0.253 e. The average Bonchev–Trinajstić information content (AvgIpc) is 2.73. The number of pyridine rings is 1. The molecule has 0 aliphatic heterocycles. The highest BCUT2D eigenvalue weighted by Crippen LogP contribution is 2.30. The molecule has 2 aromatic heterocycles. The van der Waals surface area contributed by atoms with Crippen LogP contribution in [0.2, 0.25) is 0 Å². The van der Waals surface area contributed by atoms with E-state index in [1.165, 1.54) is 36.6 Å². The summed E-state index contributed by atoms with van der Waals surface area (Å²) in [5.74, 6) is 0. The fourth-order valence-corrected chi connectivity index (χ4v) is 3.96. The molecule has 0 spiro atoms. The van der Waals surface area contributed by atoms with Gasteiger partial charge in [0, 0.05) is 30.6 Å². The van der Waals surface area contributed by atoms with Crippen molar-refractivity contribution in [1.82, 2.24) is 19.7 Å². The first-order valence-electron chi connectivity index (χ1n) is 8.45. The minimum Gasteiger partial charge on any atom is -0.307 e. The monoisotopic (exact) mass is 300 g/mol. The zero-order valence-electron chi connectivity index (χ0n) is 13.5. The molecule has 0 atom stereocenters. The molecule has 5 nitrogen and oxygen atoms in total. The molecular formula is C17H24N4O. The summed E-state index contributed by atoms with van der Waals surface area (Å²) >= 11 is 0. The van der Waals surface area contributed by atoms with Gasteiger partial charge in [-0.05, 0) is 51.1 Å². The highest BCUT2D eigenvalue weighted by molar-refractivity contribution is 5.83. The molecule has 5 heteroatoms. The van der Waals surface area contributed by atoms with Gasteiger partial charge in [-0.3, -0.25) is 14.4 Å². The van der Waals surface area contributed by atoms with Crippen molar-refractivity contribution < 1.29 is 0 Å². The van der Waals surface area contributed by atoms with Gasteiger partial charge in [-0.2, -0.15) is 5.10 Å². The summed E-state index contributed by atoms with van der Waals surface area (Å²) in [5.41, 5.74) is 4.36. The first-order chi connectivity index (χ1) is 10.6. The molecule has 22 heavy (non-hydrogen) atoms. The molecule has 4 rings (SSSR count). The van der Waals surface area contributed by atoms with Crippen LogP contribution in [0.3, 0.4) is 0 Å². The number of aromatic nitrogens is 3. The van der Waals surface area contributed by atoms with Crippen LogP contribution in [-0.4, -0.2) is 32.8 Å². The van der Waals surface area contributed by atoms with Gasteiger partial charge in [-0.15, -0.1) is 0 Å². The van der Waals surface area contributed by atoms with Crippen LogP contribution < -0.4 is 5.56 Å². The first kappa shape index (κ1) is 14.0. The van der Waals surface area contributed by atoms with Gasteiger partial charge in [0.1, 0.15) is 5.65 Å². The Labute approximate surface area is 130 Å². The number of aryl methyl sites for hydroxylation is 2. The van der Waals surface area contributed by atoms with Crippen LogP contribution >= 0.6 is 0 Å². The fraction of sp³-hybridized carbons (Fsp3) is 0.647. The van der Waals surface area contributed by atoms with Crippen molar-refractivity contribution in [2.45, 2.75) is 57.5 Å². The second-order valence-electron chi connectivity index (χ2n) is 6.91. The molecule has 2 heterocycles. The van der Waals surface area contributed by atoms with Crippen molar-refractivity contribution in [1.29, 1.82) is 0 Å². The number of aromatic amines is 1. The Hall–Kier alpha value is -1.62. The minimum absolute atomic E-state index is 0.0871. The van der Waals surface area contributed by atoms with Crippen LogP contribution in [0.1, 0.15) is 48.9 Å². The minimum atomic E-state index is 0.0871. The lowest BCUT2D eigenvalue weighted by Crippen LogP contribution is -2.36. The van der Waals surface area contributed by atoms with Crippen molar-refractivity contribution >= 4 is 11.0 Å². The third-order valence-corrected chi connectivity index (χ3v) is 5.49. The summed E-state index contributed by atoms with van der Waals surface area (Å²) in [7, 11) is 4.13.